The van der Waals surface area contributed by atoms with Crippen LogP contribution in [0, 0.1) is 5.92 Å². The lowest BCUT2D eigenvalue weighted by molar-refractivity contribution is -0.123. The van der Waals surface area contributed by atoms with Crippen molar-refractivity contribution in [1.82, 2.24) is 10.0 Å². The van der Waals surface area contributed by atoms with E-state index in [1.54, 1.807) is 0 Å². The Balaban J connectivity index is 1.88. The average molecular weight is 340 g/mol. The van der Waals surface area contributed by atoms with Crippen molar-refractivity contribution < 1.29 is 18.0 Å². The van der Waals surface area contributed by atoms with Gasteiger partial charge in [-0.2, -0.15) is 0 Å². The van der Waals surface area contributed by atoms with Gasteiger partial charge in [0.1, 0.15) is 0 Å². The van der Waals surface area contributed by atoms with Crippen molar-refractivity contribution in [2.45, 2.75) is 17.7 Å². The largest absolute Gasteiger partial charge is 0.346 e. The Morgan fingerprint density at radius 3 is 2.35 bits per heavy atom. The Labute approximate surface area is 134 Å². The van der Waals surface area contributed by atoms with Gasteiger partial charge in [-0.25, -0.2) is 13.1 Å². The standard InChI is InChI=1S/C14H20N4O4S/c15-7-13(19)16-9-14(20)18-11-3-5-12(6-4-11)23(21,22)17-8-10-1-2-10/h3-6,10,17H,1-2,7-9,15H2,(H,16,19)(H,18,20). The summed E-state index contributed by atoms with van der Waals surface area (Å²) < 4.78 is 26.7. The minimum Gasteiger partial charge on any atom is -0.346 e. The summed E-state index contributed by atoms with van der Waals surface area (Å²) in [6, 6.07) is 5.83. The molecule has 9 heteroatoms. The second kappa shape index (κ2) is 7.53. The Morgan fingerprint density at radius 1 is 1.13 bits per heavy atom. The van der Waals surface area contributed by atoms with Crippen LogP contribution >= 0.6 is 0 Å². The molecule has 5 N–H and O–H groups in total. The van der Waals surface area contributed by atoms with Gasteiger partial charge < -0.3 is 16.4 Å². The first-order valence-corrected chi connectivity index (χ1v) is 8.75. The number of nitrogens with one attached hydrogen (secondary N) is 3. The number of sulfonamides is 1. The Bertz CT molecular complexity index is 669. The van der Waals surface area contributed by atoms with E-state index < -0.39 is 21.8 Å². The van der Waals surface area contributed by atoms with Gasteiger partial charge >= 0.3 is 0 Å². The van der Waals surface area contributed by atoms with Crippen molar-refractivity contribution in [2.24, 2.45) is 11.7 Å². The van der Waals surface area contributed by atoms with Gasteiger partial charge in [-0.15, -0.1) is 0 Å². The molecule has 1 aliphatic carbocycles. The van der Waals surface area contributed by atoms with Gasteiger partial charge in [0.2, 0.25) is 21.8 Å². The van der Waals surface area contributed by atoms with Crippen LogP contribution in [-0.2, 0) is 19.6 Å². The average Bonchev–Trinajstić information content (AvgIpc) is 3.35. The number of carbonyl (C=O) groups is 2. The van der Waals surface area contributed by atoms with Crippen molar-refractivity contribution >= 4 is 27.5 Å². The summed E-state index contributed by atoms with van der Waals surface area (Å²) in [5.41, 5.74) is 5.55. The highest BCUT2D eigenvalue weighted by Crippen LogP contribution is 2.28. The van der Waals surface area contributed by atoms with Crippen molar-refractivity contribution in [1.29, 1.82) is 0 Å². The molecule has 0 aromatic heterocycles. The molecule has 0 atom stereocenters. The highest BCUT2D eigenvalue weighted by molar-refractivity contribution is 7.89. The molecule has 0 spiro atoms. The van der Waals surface area contributed by atoms with Crippen LogP contribution in [-0.4, -0.2) is 39.9 Å². The van der Waals surface area contributed by atoms with E-state index in [1.807, 2.05) is 0 Å². The van der Waals surface area contributed by atoms with Crippen LogP contribution in [0.25, 0.3) is 0 Å². The summed E-state index contributed by atoms with van der Waals surface area (Å²) in [4.78, 5) is 22.7. The summed E-state index contributed by atoms with van der Waals surface area (Å²) in [7, 11) is -3.52. The van der Waals surface area contributed by atoms with Crippen LogP contribution in [0.1, 0.15) is 12.8 Å². The molecule has 8 nitrogen and oxygen atoms in total. The molecule has 1 aromatic carbocycles. The fourth-order valence-corrected chi connectivity index (χ4v) is 2.92. The smallest absolute Gasteiger partial charge is 0.243 e. The Hall–Kier alpha value is -1.97. The van der Waals surface area contributed by atoms with Gasteiger partial charge in [-0.1, -0.05) is 0 Å². The third kappa shape index (κ3) is 5.62. The summed E-state index contributed by atoms with van der Waals surface area (Å²) in [6.07, 6.45) is 2.13. The maximum absolute atomic E-state index is 12.1. The quantitative estimate of drug-likeness (QED) is 0.501. The van der Waals surface area contributed by atoms with Gasteiger partial charge in [0.25, 0.3) is 0 Å². The summed E-state index contributed by atoms with van der Waals surface area (Å²) >= 11 is 0. The number of rotatable bonds is 8. The molecular weight excluding hydrogens is 320 g/mol. The van der Waals surface area contributed by atoms with E-state index in [1.165, 1.54) is 24.3 Å². The molecule has 1 saturated carbocycles. The van der Waals surface area contributed by atoms with Gasteiger partial charge in [-0.05, 0) is 43.0 Å². The zero-order chi connectivity index (χ0) is 16.9. The first-order valence-electron chi connectivity index (χ1n) is 7.27. The topological polar surface area (TPSA) is 130 Å². The van der Waals surface area contributed by atoms with Crippen LogP contribution in [0.4, 0.5) is 5.69 Å². The first-order chi connectivity index (χ1) is 10.9. The summed E-state index contributed by atoms with van der Waals surface area (Å²) in [5.74, 6) is -0.398. The fourth-order valence-electron chi connectivity index (χ4n) is 1.81. The van der Waals surface area contributed by atoms with Crippen LogP contribution in [0.15, 0.2) is 29.2 Å². The van der Waals surface area contributed by atoms with Gasteiger partial charge in [0.05, 0.1) is 18.0 Å². The van der Waals surface area contributed by atoms with Gasteiger partial charge in [0.15, 0.2) is 0 Å². The lowest BCUT2D eigenvalue weighted by atomic mass is 10.3. The molecule has 0 saturated heterocycles. The third-order valence-corrected chi connectivity index (χ3v) is 4.78. The Kier molecular flexibility index (Phi) is 5.69. The molecule has 2 rings (SSSR count). The number of amides is 2. The Morgan fingerprint density at radius 2 is 1.78 bits per heavy atom. The molecule has 0 aliphatic heterocycles. The normalized spacial score (nSPS) is 14.3. The minimum atomic E-state index is -3.52. The zero-order valence-corrected chi connectivity index (χ0v) is 13.4. The van der Waals surface area contributed by atoms with Crippen molar-refractivity contribution in [3.05, 3.63) is 24.3 Å². The van der Waals surface area contributed by atoms with E-state index >= 15 is 0 Å². The first kappa shape index (κ1) is 17.4. The number of hydrogen-bond donors (Lipinski definition) is 4. The summed E-state index contributed by atoms with van der Waals surface area (Å²) in [6.45, 7) is 0.0778. The number of anilines is 1. The number of nitrogens with two attached hydrogens (primary N) is 1. The predicted molar refractivity (Wildman–Crippen MR) is 85.0 cm³/mol. The highest BCUT2D eigenvalue weighted by atomic mass is 32.2. The molecule has 126 valence electrons. The van der Waals surface area contributed by atoms with Gasteiger partial charge in [-0.3, -0.25) is 9.59 Å². The fraction of sp³-hybridized carbons (Fsp3) is 0.429. The lowest BCUT2D eigenvalue weighted by Gasteiger charge is -2.09. The van der Waals surface area contributed by atoms with E-state index in [9.17, 15) is 18.0 Å². The molecule has 1 aliphatic rings. The summed E-state index contributed by atoms with van der Waals surface area (Å²) in [5, 5.41) is 4.89. The lowest BCUT2D eigenvalue weighted by Crippen LogP contribution is -2.36. The van der Waals surface area contributed by atoms with Crippen molar-refractivity contribution in [2.75, 3.05) is 25.0 Å². The monoisotopic (exact) mass is 340 g/mol. The van der Waals surface area contributed by atoms with E-state index in [0.717, 1.165) is 12.8 Å². The van der Waals surface area contributed by atoms with Crippen LogP contribution in [0.3, 0.4) is 0 Å². The molecule has 0 heterocycles. The van der Waals surface area contributed by atoms with E-state index in [2.05, 4.69) is 15.4 Å². The molecule has 0 radical (unpaired) electrons. The molecule has 1 aromatic rings. The predicted octanol–water partition coefficient (Wildman–Crippen LogP) is -0.612. The number of hydrogen-bond acceptors (Lipinski definition) is 5. The number of carbonyl (C=O) groups excluding carboxylic acids is 2. The van der Waals surface area contributed by atoms with Crippen LogP contribution in [0.2, 0.25) is 0 Å². The molecule has 1 fully saturated rings. The molecule has 23 heavy (non-hydrogen) atoms. The van der Waals surface area contributed by atoms with Gasteiger partial charge in [0, 0.05) is 12.2 Å². The molecule has 0 bridgehead atoms. The highest BCUT2D eigenvalue weighted by Gasteiger charge is 2.24. The van der Waals surface area contributed by atoms with Crippen molar-refractivity contribution in [3.8, 4) is 0 Å². The second-order valence-corrected chi connectivity index (χ2v) is 7.12. The van der Waals surface area contributed by atoms with E-state index in [4.69, 9.17) is 5.73 Å². The third-order valence-electron chi connectivity index (χ3n) is 3.34. The number of benzene rings is 1. The van der Waals surface area contributed by atoms with E-state index in [-0.39, 0.29) is 18.0 Å². The van der Waals surface area contributed by atoms with Crippen molar-refractivity contribution in [3.63, 3.8) is 0 Å². The SMILES string of the molecule is NCC(=O)NCC(=O)Nc1ccc(S(=O)(=O)NCC2CC2)cc1. The maximum atomic E-state index is 12.1. The van der Waals surface area contributed by atoms with E-state index in [0.29, 0.717) is 18.2 Å². The molecular formula is C14H20N4O4S. The maximum Gasteiger partial charge on any atom is 0.243 e. The second-order valence-electron chi connectivity index (χ2n) is 5.35. The van der Waals surface area contributed by atoms with Crippen LogP contribution < -0.4 is 21.1 Å². The molecule has 2 amide bonds. The van der Waals surface area contributed by atoms with Crippen LogP contribution in [0.5, 0.6) is 0 Å². The molecule has 0 unspecified atom stereocenters. The minimum absolute atomic E-state index is 0.146. The zero-order valence-electron chi connectivity index (χ0n) is 12.5.